The van der Waals surface area contributed by atoms with Crippen LogP contribution < -0.4 is 11.3 Å². The van der Waals surface area contributed by atoms with Crippen LogP contribution in [0, 0.1) is 17.8 Å². The van der Waals surface area contributed by atoms with Gasteiger partial charge in [-0.1, -0.05) is 19.8 Å². The lowest BCUT2D eigenvalue weighted by Crippen LogP contribution is -2.47. The summed E-state index contributed by atoms with van der Waals surface area (Å²) in [7, 11) is -2.80. The third-order valence-electron chi connectivity index (χ3n) is 4.54. The average Bonchev–Trinajstić information content (AvgIpc) is 2.63. The van der Waals surface area contributed by atoms with Crippen LogP contribution in [0.4, 0.5) is 0 Å². The normalized spacial score (nSPS) is 39.1. The molecule has 0 aromatic rings. The van der Waals surface area contributed by atoms with Gasteiger partial charge in [-0.3, -0.25) is 11.3 Å². The zero-order chi connectivity index (χ0) is 12.5. The molecule has 1 saturated heterocycles. The molecule has 2 atom stereocenters. The summed E-state index contributed by atoms with van der Waals surface area (Å²) < 4.78 is 23.1. The Morgan fingerprint density at radius 2 is 1.76 bits per heavy atom. The van der Waals surface area contributed by atoms with E-state index in [9.17, 15) is 8.42 Å². The van der Waals surface area contributed by atoms with Gasteiger partial charge in [0.2, 0.25) is 0 Å². The number of hydrogen-bond acceptors (Lipinski definition) is 4. The van der Waals surface area contributed by atoms with Crippen molar-refractivity contribution in [2.75, 3.05) is 11.5 Å². The minimum absolute atomic E-state index is 0.194. The molecule has 2 aliphatic rings. The summed E-state index contributed by atoms with van der Waals surface area (Å²) in [5, 5.41) is 0. The summed E-state index contributed by atoms with van der Waals surface area (Å²) in [4.78, 5) is 0. The summed E-state index contributed by atoms with van der Waals surface area (Å²) in [6.45, 7) is 2.29. The van der Waals surface area contributed by atoms with Crippen LogP contribution >= 0.6 is 0 Å². The lowest BCUT2D eigenvalue weighted by molar-refractivity contribution is 0.192. The minimum Gasteiger partial charge on any atom is -0.271 e. The van der Waals surface area contributed by atoms with E-state index in [1.807, 2.05) is 0 Å². The van der Waals surface area contributed by atoms with Gasteiger partial charge in [-0.25, -0.2) is 8.42 Å². The van der Waals surface area contributed by atoms with Gasteiger partial charge >= 0.3 is 0 Å². The smallest absolute Gasteiger partial charge is 0.150 e. The molecule has 100 valence electrons. The Hall–Kier alpha value is -0.130. The van der Waals surface area contributed by atoms with E-state index in [0.717, 1.165) is 12.3 Å². The number of sulfone groups is 1. The molecule has 5 heteroatoms. The van der Waals surface area contributed by atoms with Gasteiger partial charge in [-0.2, -0.15) is 0 Å². The molecular formula is C12H24N2O2S. The first-order valence-corrected chi connectivity index (χ1v) is 8.50. The number of hydrazine groups is 1. The van der Waals surface area contributed by atoms with Crippen molar-refractivity contribution in [3.8, 4) is 0 Å². The van der Waals surface area contributed by atoms with Crippen molar-refractivity contribution in [3.63, 3.8) is 0 Å². The molecule has 3 N–H and O–H groups in total. The van der Waals surface area contributed by atoms with Crippen molar-refractivity contribution in [2.24, 2.45) is 23.6 Å². The lowest BCUT2D eigenvalue weighted by atomic mass is 9.75. The van der Waals surface area contributed by atoms with Gasteiger partial charge in [0.1, 0.15) is 0 Å². The third-order valence-corrected chi connectivity index (χ3v) is 6.33. The highest BCUT2D eigenvalue weighted by molar-refractivity contribution is 7.91. The summed E-state index contributed by atoms with van der Waals surface area (Å²) in [5.74, 6) is 7.94. The number of nitrogens with two attached hydrogens (primary N) is 1. The van der Waals surface area contributed by atoms with Gasteiger partial charge in [0, 0.05) is 6.04 Å². The topological polar surface area (TPSA) is 72.2 Å². The predicted molar refractivity (Wildman–Crippen MR) is 69.0 cm³/mol. The molecule has 0 aromatic heterocycles. The van der Waals surface area contributed by atoms with E-state index in [2.05, 4.69) is 12.3 Å². The second kappa shape index (κ2) is 5.24. The molecular weight excluding hydrogens is 236 g/mol. The van der Waals surface area contributed by atoms with Crippen LogP contribution in [0.5, 0.6) is 0 Å². The molecule has 1 aliphatic carbocycles. The molecule has 0 aromatic carbocycles. The summed E-state index contributed by atoms with van der Waals surface area (Å²) >= 11 is 0. The predicted octanol–water partition coefficient (Wildman–Crippen LogP) is 1.08. The van der Waals surface area contributed by atoms with Gasteiger partial charge in [0.15, 0.2) is 9.84 Å². The highest BCUT2D eigenvalue weighted by Gasteiger charge is 2.37. The molecule has 1 saturated carbocycles. The van der Waals surface area contributed by atoms with E-state index < -0.39 is 9.84 Å². The second-order valence-electron chi connectivity index (χ2n) is 5.88. The highest BCUT2D eigenvalue weighted by atomic mass is 32.2. The van der Waals surface area contributed by atoms with Crippen molar-refractivity contribution >= 4 is 9.84 Å². The quantitative estimate of drug-likeness (QED) is 0.588. The van der Waals surface area contributed by atoms with E-state index in [1.165, 1.54) is 25.7 Å². The van der Waals surface area contributed by atoms with Gasteiger partial charge in [0.05, 0.1) is 11.5 Å². The van der Waals surface area contributed by atoms with Crippen LogP contribution in [0.25, 0.3) is 0 Å². The van der Waals surface area contributed by atoms with Crippen molar-refractivity contribution in [2.45, 2.75) is 45.1 Å². The zero-order valence-corrected chi connectivity index (χ0v) is 11.4. The van der Waals surface area contributed by atoms with Crippen LogP contribution in [0.1, 0.15) is 39.0 Å². The van der Waals surface area contributed by atoms with Gasteiger partial charge < -0.3 is 0 Å². The number of hydrogen-bond donors (Lipinski definition) is 2. The monoisotopic (exact) mass is 260 g/mol. The molecule has 4 nitrogen and oxygen atoms in total. The zero-order valence-electron chi connectivity index (χ0n) is 10.6. The molecule has 2 rings (SSSR count). The molecule has 0 amide bonds. The molecule has 17 heavy (non-hydrogen) atoms. The van der Waals surface area contributed by atoms with Crippen molar-refractivity contribution < 1.29 is 8.42 Å². The van der Waals surface area contributed by atoms with E-state index in [-0.39, 0.29) is 12.0 Å². The first-order chi connectivity index (χ1) is 8.02. The standard InChI is InChI=1S/C12H24N2O2S/c1-9-2-4-10(5-3-9)12(14-13)11-6-7-17(15,16)8-11/h9-12,14H,2-8,13H2,1H3. The molecule has 0 spiro atoms. The van der Waals surface area contributed by atoms with Crippen LogP contribution in [0.3, 0.4) is 0 Å². The maximum atomic E-state index is 11.5. The van der Waals surface area contributed by atoms with E-state index in [0.29, 0.717) is 17.4 Å². The Balaban J connectivity index is 1.97. The molecule has 1 aliphatic heterocycles. The van der Waals surface area contributed by atoms with Crippen LogP contribution in [-0.2, 0) is 9.84 Å². The van der Waals surface area contributed by atoms with Crippen LogP contribution in [0.2, 0.25) is 0 Å². The van der Waals surface area contributed by atoms with Crippen molar-refractivity contribution in [3.05, 3.63) is 0 Å². The fourth-order valence-electron chi connectivity index (χ4n) is 3.41. The van der Waals surface area contributed by atoms with E-state index in [4.69, 9.17) is 5.84 Å². The SMILES string of the molecule is CC1CCC(C(NN)C2CCS(=O)(=O)C2)CC1. The Kier molecular flexibility index (Phi) is 4.10. The molecule has 0 bridgehead atoms. The maximum Gasteiger partial charge on any atom is 0.150 e. The summed E-state index contributed by atoms with van der Waals surface area (Å²) in [5.41, 5.74) is 2.90. The Morgan fingerprint density at radius 1 is 1.12 bits per heavy atom. The lowest BCUT2D eigenvalue weighted by Gasteiger charge is -2.35. The molecule has 2 unspecified atom stereocenters. The largest absolute Gasteiger partial charge is 0.271 e. The van der Waals surface area contributed by atoms with Gasteiger partial charge in [0.25, 0.3) is 0 Å². The van der Waals surface area contributed by atoms with Crippen molar-refractivity contribution in [1.29, 1.82) is 0 Å². The van der Waals surface area contributed by atoms with Crippen molar-refractivity contribution in [1.82, 2.24) is 5.43 Å². The third kappa shape index (κ3) is 3.20. The average molecular weight is 260 g/mol. The van der Waals surface area contributed by atoms with Gasteiger partial charge in [-0.05, 0) is 37.0 Å². The fraction of sp³-hybridized carbons (Fsp3) is 1.00. The molecule has 0 radical (unpaired) electrons. The highest BCUT2D eigenvalue weighted by Crippen LogP contribution is 2.35. The number of rotatable bonds is 3. The second-order valence-corrected chi connectivity index (χ2v) is 8.10. The Labute approximate surface area is 104 Å². The van der Waals surface area contributed by atoms with E-state index in [1.54, 1.807) is 0 Å². The summed E-state index contributed by atoms with van der Waals surface area (Å²) in [6, 6.07) is 0.194. The van der Waals surface area contributed by atoms with Crippen LogP contribution in [-0.4, -0.2) is 26.0 Å². The minimum atomic E-state index is -2.80. The number of nitrogens with one attached hydrogen (secondary N) is 1. The Bertz CT molecular complexity index is 348. The molecule has 1 heterocycles. The van der Waals surface area contributed by atoms with Gasteiger partial charge in [-0.15, -0.1) is 0 Å². The fourth-order valence-corrected chi connectivity index (χ4v) is 5.26. The first kappa shape index (κ1) is 13.3. The molecule has 2 fully saturated rings. The Morgan fingerprint density at radius 3 is 2.24 bits per heavy atom. The van der Waals surface area contributed by atoms with E-state index >= 15 is 0 Å². The first-order valence-electron chi connectivity index (χ1n) is 6.68. The summed E-state index contributed by atoms with van der Waals surface area (Å²) in [6.07, 6.45) is 5.66. The van der Waals surface area contributed by atoms with Crippen LogP contribution in [0.15, 0.2) is 0 Å². The maximum absolute atomic E-state index is 11.5.